The monoisotopic (exact) mass is 134 g/mol. The van der Waals surface area contributed by atoms with Crippen LogP contribution in [-0.2, 0) is 0 Å². The van der Waals surface area contributed by atoms with Crippen LogP contribution in [0.3, 0.4) is 0 Å². The first-order valence-corrected chi connectivity index (χ1v) is 3.34. The van der Waals surface area contributed by atoms with Crippen LogP contribution in [0.2, 0.25) is 0 Å². The Hall–Kier alpha value is -0.980. The molecule has 10 heavy (non-hydrogen) atoms. The zero-order valence-electron chi connectivity index (χ0n) is 6.44. The van der Waals surface area contributed by atoms with E-state index in [0.717, 1.165) is 5.69 Å². The molecule has 0 aliphatic carbocycles. The summed E-state index contributed by atoms with van der Waals surface area (Å²) in [5, 5.41) is 2.86. The maximum Gasteiger partial charge on any atom is 0.0346 e. The minimum atomic E-state index is 1.08. The molecule has 0 aliphatic rings. The first kappa shape index (κ1) is 7.13. The maximum atomic E-state index is 3.59. The van der Waals surface area contributed by atoms with Crippen LogP contribution in [0.15, 0.2) is 18.2 Å². The Morgan fingerprint density at radius 3 is 2.00 bits per heavy atom. The predicted molar refractivity (Wildman–Crippen MR) is 44.9 cm³/mol. The van der Waals surface area contributed by atoms with Gasteiger partial charge in [0.05, 0.1) is 0 Å². The van der Waals surface area contributed by atoms with Crippen molar-refractivity contribution in [1.29, 1.82) is 0 Å². The Bertz CT molecular complexity index is 208. The van der Waals surface area contributed by atoms with E-state index >= 15 is 0 Å². The van der Waals surface area contributed by atoms with Gasteiger partial charge in [0.2, 0.25) is 0 Å². The summed E-state index contributed by atoms with van der Waals surface area (Å²) in [6, 6.07) is 6.28. The summed E-state index contributed by atoms with van der Waals surface area (Å²) in [7, 11) is 3.59. The van der Waals surface area contributed by atoms with Crippen LogP contribution in [0.25, 0.3) is 0 Å². The third kappa shape index (κ3) is 1.50. The van der Waals surface area contributed by atoms with Gasteiger partial charge >= 0.3 is 0 Å². The van der Waals surface area contributed by atoms with Crippen LogP contribution in [0.5, 0.6) is 0 Å². The lowest BCUT2D eigenvalue weighted by Gasteiger charge is -2.02. The van der Waals surface area contributed by atoms with E-state index in [2.05, 4.69) is 44.4 Å². The smallest absolute Gasteiger partial charge is 0.0346 e. The van der Waals surface area contributed by atoms with Gasteiger partial charge in [-0.2, -0.15) is 0 Å². The highest BCUT2D eigenvalue weighted by molar-refractivity contribution is 5.48. The highest BCUT2D eigenvalue weighted by Gasteiger charge is 1.90. The summed E-state index contributed by atoms with van der Waals surface area (Å²) in [5.41, 5.74) is 3.62. The zero-order valence-corrected chi connectivity index (χ0v) is 6.44. The molecule has 1 heteroatoms. The third-order valence-electron chi connectivity index (χ3n) is 1.43. The molecule has 1 radical (unpaired) electrons. The predicted octanol–water partition coefficient (Wildman–Crippen LogP) is 2.51. The van der Waals surface area contributed by atoms with Crippen LogP contribution < -0.4 is 5.32 Å². The Labute approximate surface area is 62.1 Å². The fourth-order valence-electron chi connectivity index (χ4n) is 1.08. The van der Waals surface area contributed by atoms with Crippen molar-refractivity contribution in [2.45, 2.75) is 13.8 Å². The summed E-state index contributed by atoms with van der Waals surface area (Å²) in [5.74, 6) is 0. The lowest BCUT2D eigenvalue weighted by Crippen LogP contribution is -1.86. The van der Waals surface area contributed by atoms with Crippen molar-refractivity contribution in [3.63, 3.8) is 0 Å². The van der Waals surface area contributed by atoms with Crippen LogP contribution in [0.1, 0.15) is 11.1 Å². The van der Waals surface area contributed by atoms with Crippen molar-refractivity contribution in [3.05, 3.63) is 36.4 Å². The Kier molecular flexibility index (Phi) is 1.95. The van der Waals surface area contributed by atoms with Gasteiger partial charge in [0.15, 0.2) is 0 Å². The van der Waals surface area contributed by atoms with Crippen molar-refractivity contribution < 1.29 is 0 Å². The highest BCUT2D eigenvalue weighted by Crippen LogP contribution is 2.12. The molecule has 1 aromatic carbocycles. The van der Waals surface area contributed by atoms with Crippen molar-refractivity contribution in [3.8, 4) is 0 Å². The van der Waals surface area contributed by atoms with E-state index in [-0.39, 0.29) is 0 Å². The van der Waals surface area contributed by atoms with Crippen LogP contribution in [0.4, 0.5) is 5.69 Å². The SMILES string of the molecule is [CH2]Nc1cc(C)cc(C)c1. The molecule has 0 heterocycles. The molecular weight excluding hydrogens is 122 g/mol. The van der Waals surface area contributed by atoms with Crippen molar-refractivity contribution in [1.82, 2.24) is 0 Å². The molecule has 0 amide bonds. The summed E-state index contributed by atoms with van der Waals surface area (Å²) >= 11 is 0. The van der Waals surface area contributed by atoms with Gasteiger partial charge in [-0.1, -0.05) is 6.07 Å². The largest absolute Gasteiger partial charge is 0.383 e. The summed E-state index contributed by atoms with van der Waals surface area (Å²) in [6.07, 6.45) is 0. The molecule has 0 spiro atoms. The van der Waals surface area contributed by atoms with Crippen molar-refractivity contribution >= 4 is 5.69 Å². The molecule has 0 aromatic heterocycles. The summed E-state index contributed by atoms with van der Waals surface area (Å²) < 4.78 is 0. The molecule has 1 nitrogen and oxygen atoms in total. The molecule has 0 saturated heterocycles. The zero-order chi connectivity index (χ0) is 7.56. The minimum absolute atomic E-state index is 1.08. The van der Waals surface area contributed by atoms with Gasteiger partial charge in [-0.15, -0.1) is 0 Å². The van der Waals surface area contributed by atoms with E-state index in [4.69, 9.17) is 0 Å². The van der Waals surface area contributed by atoms with Gasteiger partial charge in [0.25, 0.3) is 0 Å². The lowest BCUT2D eigenvalue weighted by molar-refractivity contribution is 1.38. The van der Waals surface area contributed by atoms with Gasteiger partial charge in [-0.05, 0) is 37.1 Å². The number of hydrogen-bond acceptors (Lipinski definition) is 1. The fraction of sp³-hybridized carbons (Fsp3) is 0.222. The first-order chi connectivity index (χ1) is 4.72. The number of rotatable bonds is 1. The quantitative estimate of drug-likeness (QED) is 0.622. The average Bonchev–Trinajstić information content (AvgIpc) is 1.85. The van der Waals surface area contributed by atoms with Crippen LogP contribution in [0, 0.1) is 20.9 Å². The van der Waals surface area contributed by atoms with E-state index in [1.54, 1.807) is 0 Å². The number of nitrogens with one attached hydrogen (secondary N) is 1. The van der Waals surface area contributed by atoms with Crippen molar-refractivity contribution in [2.75, 3.05) is 5.32 Å². The van der Waals surface area contributed by atoms with E-state index in [9.17, 15) is 0 Å². The maximum absolute atomic E-state index is 3.59. The number of anilines is 1. The van der Waals surface area contributed by atoms with E-state index in [1.807, 2.05) is 0 Å². The second kappa shape index (κ2) is 2.74. The topological polar surface area (TPSA) is 12.0 Å². The minimum Gasteiger partial charge on any atom is -0.383 e. The lowest BCUT2D eigenvalue weighted by atomic mass is 10.1. The van der Waals surface area contributed by atoms with E-state index in [1.165, 1.54) is 11.1 Å². The molecule has 0 atom stereocenters. The van der Waals surface area contributed by atoms with Gasteiger partial charge < -0.3 is 5.32 Å². The molecule has 0 fully saturated rings. The number of hydrogen-bond donors (Lipinski definition) is 1. The Balaban J connectivity index is 3.06. The number of aryl methyl sites for hydroxylation is 2. The second-order valence-electron chi connectivity index (χ2n) is 2.55. The summed E-state index contributed by atoms with van der Waals surface area (Å²) in [6.45, 7) is 4.15. The van der Waals surface area contributed by atoms with Crippen molar-refractivity contribution in [2.24, 2.45) is 0 Å². The first-order valence-electron chi connectivity index (χ1n) is 3.34. The van der Waals surface area contributed by atoms with Gasteiger partial charge in [-0.3, -0.25) is 0 Å². The van der Waals surface area contributed by atoms with Gasteiger partial charge in [0, 0.05) is 12.7 Å². The normalized spacial score (nSPS) is 9.50. The molecule has 1 rings (SSSR count). The van der Waals surface area contributed by atoms with E-state index < -0.39 is 0 Å². The third-order valence-corrected chi connectivity index (χ3v) is 1.43. The van der Waals surface area contributed by atoms with Crippen LogP contribution in [-0.4, -0.2) is 0 Å². The average molecular weight is 134 g/mol. The molecule has 0 unspecified atom stereocenters. The van der Waals surface area contributed by atoms with Crippen LogP contribution >= 0.6 is 0 Å². The molecule has 1 aromatic rings. The van der Waals surface area contributed by atoms with Gasteiger partial charge in [-0.25, -0.2) is 0 Å². The second-order valence-corrected chi connectivity index (χ2v) is 2.55. The molecule has 1 N–H and O–H groups in total. The summed E-state index contributed by atoms with van der Waals surface area (Å²) in [4.78, 5) is 0. The Morgan fingerprint density at radius 2 is 1.60 bits per heavy atom. The fourth-order valence-corrected chi connectivity index (χ4v) is 1.08. The standard InChI is InChI=1S/C9H12N/c1-7-4-8(2)6-9(5-7)10-3/h4-6,10H,3H2,1-2H3. The highest BCUT2D eigenvalue weighted by atomic mass is 14.8. The Morgan fingerprint density at radius 1 is 1.10 bits per heavy atom. The molecule has 53 valence electrons. The van der Waals surface area contributed by atoms with Gasteiger partial charge in [0.1, 0.15) is 0 Å². The molecule has 0 saturated carbocycles. The van der Waals surface area contributed by atoms with E-state index in [0.29, 0.717) is 0 Å². The molecule has 0 aliphatic heterocycles. The molecular formula is C9H12N. The molecule has 0 bridgehead atoms. The number of benzene rings is 1.